The van der Waals surface area contributed by atoms with Gasteiger partial charge in [-0.3, -0.25) is 19.6 Å². The average Bonchev–Trinajstić information content (AvgIpc) is 3.23. The van der Waals surface area contributed by atoms with Crippen molar-refractivity contribution in [3.63, 3.8) is 0 Å². The molecule has 1 aliphatic rings. The molecule has 9 nitrogen and oxygen atoms in total. The van der Waals surface area contributed by atoms with Crippen molar-refractivity contribution in [2.24, 2.45) is 5.16 Å². The SMILES string of the molecule is CC(C)(C)n1cc(NC(=O)C2CC(c3ccccc3[N+](=O)[O-])=NO2)cn1. The topological polar surface area (TPSA) is 112 Å². The van der Waals surface area contributed by atoms with E-state index in [-0.39, 0.29) is 23.6 Å². The van der Waals surface area contributed by atoms with Gasteiger partial charge in [0.15, 0.2) is 0 Å². The number of hydrogen-bond acceptors (Lipinski definition) is 6. The summed E-state index contributed by atoms with van der Waals surface area (Å²) in [5, 5.41) is 22.0. The molecule has 1 aliphatic heterocycles. The maximum absolute atomic E-state index is 12.4. The third-order valence-corrected chi connectivity index (χ3v) is 3.91. The normalized spacial score (nSPS) is 16.7. The number of carbonyl (C=O) groups is 1. The number of benzene rings is 1. The highest BCUT2D eigenvalue weighted by molar-refractivity contribution is 6.08. The van der Waals surface area contributed by atoms with Crippen LogP contribution < -0.4 is 5.32 Å². The lowest BCUT2D eigenvalue weighted by Gasteiger charge is -2.18. The minimum atomic E-state index is -0.845. The lowest BCUT2D eigenvalue weighted by molar-refractivity contribution is -0.385. The first-order valence-electron chi connectivity index (χ1n) is 8.08. The largest absolute Gasteiger partial charge is 0.382 e. The van der Waals surface area contributed by atoms with E-state index < -0.39 is 11.0 Å². The van der Waals surface area contributed by atoms with Crippen LogP contribution in [0.15, 0.2) is 41.8 Å². The van der Waals surface area contributed by atoms with Crippen molar-refractivity contribution in [1.82, 2.24) is 9.78 Å². The Hall–Kier alpha value is -3.23. The second-order valence-corrected chi connectivity index (χ2v) is 6.94. The Morgan fingerprint density at radius 1 is 1.38 bits per heavy atom. The average molecular weight is 357 g/mol. The van der Waals surface area contributed by atoms with Gasteiger partial charge in [-0.05, 0) is 26.8 Å². The van der Waals surface area contributed by atoms with E-state index in [0.717, 1.165) is 0 Å². The fourth-order valence-corrected chi connectivity index (χ4v) is 2.53. The van der Waals surface area contributed by atoms with Gasteiger partial charge in [-0.25, -0.2) is 0 Å². The first-order valence-corrected chi connectivity index (χ1v) is 8.08. The van der Waals surface area contributed by atoms with E-state index >= 15 is 0 Å². The van der Waals surface area contributed by atoms with Crippen LogP contribution in [0.3, 0.4) is 0 Å². The molecule has 1 N–H and O–H groups in total. The summed E-state index contributed by atoms with van der Waals surface area (Å²) in [4.78, 5) is 28.2. The van der Waals surface area contributed by atoms with E-state index in [1.165, 1.54) is 6.07 Å². The van der Waals surface area contributed by atoms with Crippen molar-refractivity contribution >= 4 is 23.0 Å². The van der Waals surface area contributed by atoms with Crippen LogP contribution >= 0.6 is 0 Å². The molecule has 1 unspecified atom stereocenters. The molecule has 1 aromatic heterocycles. The van der Waals surface area contributed by atoms with Crippen molar-refractivity contribution in [2.45, 2.75) is 38.8 Å². The minimum absolute atomic E-state index is 0.0673. The highest BCUT2D eigenvalue weighted by Gasteiger charge is 2.32. The van der Waals surface area contributed by atoms with Crippen LogP contribution in [-0.4, -0.2) is 32.4 Å². The number of nitrogens with zero attached hydrogens (tertiary/aromatic N) is 4. The molecule has 0 spiro atoms. The Kier molecular flexibility index (Phi) is 4.45. The number of hydrogen-bond donors (Lipinski definition) is 1. The molecular formula is C17H19N5O4. The molecule has 1 amide bonds. The van der Waals surface area contributed by atoms with E-state index in [9.17, 15) is 14.9 Å². The van der Waals surface area contributed by atoms with E-state index in [4.69, 9.17) is 4.84 Å². The van der Waals surface area contributed by atoms with Gasteiger partial charge in [0.25, 0.3) is 11.6 Å². The Balaban J connectivity index is 1.68. The van der Waals surface area contributed by atoms with Crippen LogP contribution in [0.1, 0.15) is 32.8 Å². The summed E-state index contributed by atoms with van der Waals surface area (Å²) >= 11 is 0. The zero-order chi connectivity index (χ0) is 18.9. The Morgan fingerprint density at radius 2 is 2.12 bits per heavy atom. The highest BCUT2D eigenvalue weighted by atomic mass is 16.6. The molecule has 3 rings (SSSR count). The van der Waals surface area contributed by atoms with E-state index in [1.54, 1.807) is 35.3 Å². The summed E-state index contributed by atoms with van der Waals surface area (Å²) in [5.74, 6) is -0.379. The summed E-state index contributed by atoms with van der Waals surface area (Å²) < 4.78 is 1.74. The lowest BCUT2D eigenvalue weighted by Crippen LogP contribution is -2.28. The van der Waals surface area contributed by atoms with Crippen molar-refractivity contribution in [3.8, 4) is 0 Å². The standard InChI is InChI=1S/C17H19N5O4/c1-17(2,3)21-10-11(9-18-21)19-16(23)15-8-13(20-26-15)12-6-4-5-7-14(12)22(24)25/h4-7,9-10,15H,8H2,1-3H3,(H,19,23). The first kappa shape index (κ1) is 17.6. The van der Waals surface area contributed by atoms with Crippen molar-refractivity contribution in [3.05, 3.63) is 52.3 Å². The fourth-order valence-electron chi connectivity index (χ4n) is 2.53. The predicted octanol–water partition coefficient (Wildman–Crippen LogP) is 2.68. The summed E-state index contributed by atoms with van der Waals surface area (Å²) in [6.07, 6.45) is 2.60. The van der Waals surface area contributed by atoms with Gasteiger partial charge in [0.1, 0.15) is 0 Å². The van der Waals surface area contributed by atoms with Gasteiger partial charge in [-0.15, -0.1) is 0 Å². The lowest BCUT2D eigenvalue weighted by atomic mass is 10.0. The third-order valence-electron chi connectivity index (χ3n) is 3.91. The Labute approximate surface area is 149 Å². The van der Waals surface area contributed by atoms with Crippen molar-refractivity contribution in [2.75, 3.05) is 5.32 Å². The maximum atomic E-state index is 12.4. The molecule has 136 valence electrons. The Morgan fingerprint density at radius 3 is 2.77 bits per heavy atom. The molecule has 0 saturated carbocycles. The number of amides is 1. The molecule has 0 fully saturated rings. The smallest absolute Gasteiger partial charge is 0.278 e. The molecule has 0 bridgehead atoms. The van der Waals surface area contributed by atoms with Crippen molar-refractivity contribution < 1.29 is 14.6 Å². The molecule has 1 aromatic carbocycles. The number of aromatic nitrogens is 2. The van der Waals surface area contributed by atoms with Gasteiger partial charge in [0.2, 0.25) is 6.10 Å². The summed E-state index contributed by atoms with van der Waals surface area (Å²) in [7, 11) is 0. The van der Waals surface area contributed by atoms with Crippen molar-refractivity contribution in [1.29, 1.82) is 0 Å². The first-order chi connectivity index (χ1) is 12.3. The van der Waals surface area contributed by atoms with Gasteiger partial charge in [-0.1, -0.05) is 17.3 Å². The minimum Gasteiger partial charge on any atom is -0.382 e. The second kappa shape index (κ2) is 6.58. The number of oxime groups is 1. The number of nitro benzene ring substituents is 1. The van der Waals surface area contributed by atoms with E-state index in [0.29, 0.717) is 17.0 Å². The van der Waals surface area contributed by atoms with Gasteiger partial charge < -0.3 is 10.2 Å². The summed E-state index contributed by atoms with van der Waals surface area (Å²) in [6.45, 7) is 6.00. The van der Waals surface area contributed by atoms with Crippen LogP contribution in [0.25, 0.3) is 0 Å². The van der Waals surface area contributed by atoms with Gasteiger partial charge in [-0.2, -0.15) is 5.10 Å². The Bertz CT molecular complexity index is 881. The quantitative estimate of drug-likeness (QED) is 0.668. The van der Waals surface area contributed by atoms with E-state index in [1.807, 2.05) is 20.8 Å². The van der Waals surface area contributed by atoms with Crippen LogP contribution in [-0.2, 0) is 15.2 Å². The fraction of sp³-hybridized carbons (Fsp3) is 0.353. The number of nitrogens with one attached hydrogen (secondary N) is 1. The zero-order valence-electron chi connectivity index (χ0n) is 14.7. The van der Waals surface area contributed by atoms with Gasteiger partial charge in [0.05, 0.1) is 33.6 Å². The van der Waals surface area contributed by atoms with Crippen LogP contribution in [0.5, 0.6) is 0 Å². The molecule has 26 heavy (non-hydrogen) atoms. The number of rotatable bonds is 4. The zero-order valence-corrected chi connectivity index (χ0v) is 14.7. The number of nitro groups is 1. The molecule has 2 aromatic rings. The molecule has 9 heteroatoms. The summed E-state index contributed by atoms with van der Waals surface area (Å²) in [6, 6.07) is 6.24. The molecule has 0 radical (unpaired) electrons. The number of para-hydroxylation sites is 1. The number of anilines is 1. The van der Waals surface area contributed by atoms with Gasteiger partial charge in [0, 0.05) is 18.7 Å². The second-order valence-electron chi connectivity index (χ2n) is 6.94. The predicted molar refractivity (Wildman–Crippen MR) is 95.0 cm³/mol. The third kappa shape index (κ3) is 3.56. The maximum Gasteiger partial charge on any atom is 0.278 e. The van der Waals surface area contributed by atoms with Crippen LogP contribution in [0.2, 0.25) is 0 Å². The molecular weight excluding hydrogens is 338 g/mol. The monoisotopic (exact) mass is 357 g/mol. The van der Waals surface area contributed by atoms with E-state index in [2.05, 4.69) is 15.6 Å². The molecule has 0 saturated heterocycles. The van der Waals surface area contributed by atoms with Crippen LogP contribution in [0, 0.1) is 10.1 Å². The number of carbonyl (C=O) groups excluding carboxylic acids is 1. The highest BCUT2D eigenvalue weighted by Crippen LogP contribution is 2.25. The van der Waals surface area contributed by atoms with Gasteiger partial charge >= 0.3 is 0 Å². The van der Waals surface area contributed by atoms with Crippen LogP contribution in [0.4, 0.5) is 11.4 Å². The molecule has 2 heterocycles. The molecule has 1 atom stereocenters. The summed E-state index contributed by atoms with van der Waals surface area (Å²) in [5.41, 5.74) is 1.02. The molecule has 0 aliphatic carbocycles.